The molecule has 7 N–H and O–H groups in total. The van der Waals surface area contributed by atoms with Crippen LogP contribution < -0.4 is 65.3 Å². The zero-order valence-electron chi connectivity index (χ0n) is 79.4. The molecule has 2 heterocycles. The van der Waals surface area contributed by atoms with Crippen molar-refractivity contribution in [2.75, 3.05) is 59.0 Å². The number of nitrogen functional groups attached to an aromatic ring is 1. The molecule has 0 aliphatic rings. The van der Waals surface area contributed by atoms with E-state index in [0.717, 1.165) is 49.4 Å². The molecule has 14 aromatic carbocycles. The molecular weight excluding hydrogens is 2080 g/mol. The van der Waals surface area contributed by atoms with Gasteiger partial charge in [-0.3, -0.25) is 45.6 Å². The van der Waals surface area contributed by atoms with Crippen LogP contribution in [0.4, 0.5) is 48.5 Å². The molecule has 0 unspecified atom stereocenters. The Morgan fingerprint density at radius 3 is 0.913 bits per heavy atom. The predicted octanol–water partition coefficient (Wildman–Crippen LogP) is 23.5. The van der Waals surface area contributed by atoms with E-state index in [1.54, 1.807) is 184 Å². The normalized spacial score (nSPS) is 10.3. The Labute approximate surface area is 880 Å². The number of nitrogens with one attached hydrogen (secondary N) is 3. The minimum atomic E-state index is -3.68. The van der Waals surface area contributed by atoms with Crippen molar-refractivity contribution in [3.8, 4) is 46.0 Å². The van der Waals surface area contributed by atoms with Crippen molar-refractivity contribution in [3.05, 3.63) is 447 Å². The van der Waals surface area contributed by atoms with Crippen LogP contribution in [-0.4, -0.2) is 119 Å². The monoisotopic (exact) mass is 2170 g/mol. The van der Waals surface area contributed by atoms with Crippen molar-refractivity contribution in [1.29, 1.82) is 0 Å². The molecule has 3 amide bonds. The van der Waals surface area contributed by atoms with Crippen molar-refractivity contribution in [2.45, 2.75) is 74.4 Å². The number of hydrogen-bond acceptors (Lipinski definition) is 31. The van der Waals surface area contributed by atoms with E-state index in [9.17, 15) is 78.4 Å². The summed E-state index contributed by atoms with van der Waals surface area (Å²) in [6.07, 6.45) is 6.12. The number of rotatable bonds is 26. The number of nitro benzene ring substituents is 3. The predicted molar refractivity (Wildman–Crippen MR) is 573 cm³/mol. The summed E-state index contributed by atoms with van der Waals surface area (Å²) in [7, 11) is -5.16. The quantitative estimate of drug-likeness (QED) is 0.00964. The smallest absolute Gasteiger partial charge is 0.417 e. The number of pyridine rings is 2. The lowest BCUT2D eigenvalue weighted by atomic mass is 10.3. The minimum Gasteiger partial charge on any atom is -0.497 e. The first-order chi connectivity index (χ1) is 70.9. The second-order valence-corrected chi connectivity index (χ2v) is 39.5. The zero-order valence-corrected chi connectivity index (χ0v) is 85.8. The average Bonchev–Trinajstić information content (AvgIpc) is 0.812. The summed E-state index contributed by atoms with van der Waals surface area (Å²) >= 11 is 16.1. The molecule has 774 valence electrons. The molecule has 43 heteroatoms. The first-order valence-electron chi connectivity index (χ1n) is 43.1. The molecule has 0 saturated carbocycles. The van der Waals surface area contributed by atoms with Gasteiger partial charge in [0.15, 0.2) is 0 Å². The maximum absolute atomic E-state index is 12.7. The van der Waals surface area contributed by atoms with Crippen molar-refractivity contribution in [1.82, 2.24) is 15.3 Å². The Balaban J connectivity index is 0.000000233. The lowest BCUT2D eigenvalue weighted by Crippen LogP contribution is -2.28. The summed E-state index contributed by atoms with van der Waals surface area (Å²) in [5, 5.41) is 39.6. The van der Waals surface area contributed by atoms with E-state index in [0.29, 0.717) is 69.7 Å². The van der Waals surface area contributed by atoms with Crippen LogP contribution in [-0.2, 0) is 52.4 Å². The number of aromatic nitrogens is 2. The van der Waals surface area contributed by atoms with Crippen molar-refractivity contribution >= 4 is 139 Å². The number of carbonyl (C=O) groups is 3. The third-order valence-corrected chi connectivity index (χ3v) is 28.2. The number of benzene rings is 14. The third kappa shape index (κ3) is 39.9. The highest BCUT2D eigenvalue weighted by Crippen LogP contribution is 2.33. The van der Waals surface area contributed by atoms with Crippen molar-refractivity contribution in [2.24, 2.45) is 5.73 Å². The van der Waals surface area contributed by atoms with Crippen LogP contribution in [0.5, 0.6) is 46.0 Å². The summed E-state index contributed by atoms with van der Waals surface area (Å²) in [6.45, 7) is 0.959. The number of carbonyl (C=O) groups excluding carboxylic acids is 3. The van der Waals surface area contributed by atoms with E-state index in [-0.39, 0.29) is 69.7 Å². The molecule has 0 fully saturated rings. The number of para-hydroxylation sites is 2. The van der Waals surface area contributed by atoms with E-state index in [4.69, 9.17) is 67.8 Å². The number of ether oxygens (including phenoxy) is 8. The summed E-state index contributed by atoms with van der Waals surface area (Å²) in [6, 6.07) is 99.0. The fourth-order valence-electron chi connectivity index (χ4n) is 11.7. The molecule has 0 saturated heterocycles. The van der Waals surface area contributed by atoms with Crippen LogP contribution >= 0.6 is 47.6 Å². The number of nitro groups is 3. The number of amides is 3. The molecule has 0 radical (unpaired) electrons. The van der Waals surface area contributed by atoms with Crippen LogP contribution in [0, 0.1) is 30.3 Å². The molecule has 0 aliphatic heterocycles. The number of nitrogens with zero attached hydrogens (tertiary/aromatic N) is 5. The van der Waals surface area contributed by atoms with Gasteiger partial charge < -0.3 is 60.0 Å². The number of urea groups is 1. The van der Waals surface area contributed by atoms with Gasteiger partial charge in [-0.1, -0.05) is 67.2 Å². The Kier molecular flexibility index (Phi) is 48.7. The van der Waals surface area contributed by atoms with E-state index in [1.807, 2.05) is 72.8 Å². The number of anilines is 3. The summed E-state index contributed by atoms with van der Waals surface area (Å²) in [4.78, 5) is 75.6. The SMILES string of the molecule is C.COc1ccc(S(=O)(=O)c2ccc(N)cc2)cc1.COc1ccc(S(=O)(=O)c2ccc(NC(=O)NCc3ccncc3)cc2)cc1.COc1ccc(S(=O)(=O)c2ccc(NC(=O)Oc3ccccc3)cc2)cc1.COc1ccc(S(=O)(=O)c2ccc([N+](=O)[O-])cc2)cc1.COc1ccc(S)cc1.COc1ccc(Sc2ccc([N+](=O)[O-])cc2)cc1.NCc1ccncc1.O=C(Cl)Oc1ccccc1.O=[N+]([O-])c1ccc(Cl)cc1. The molecule has 0 bridgehead atoms. The second-order valence-electron chi connectivity index (χ2n) is 29.2. The first kappa shape index (κ1) is 119. The standard InChI is InChI=1S/C20H19N3O4S.C20H17NO5S.C13H11NO5S.C13H13NO3S.C13H11NO3S.C7H5ClO2.C7H8OS.C6H4ClNO2.C6H8N2.CH4/c1-27-17-4-8-19(9-5-17)28(25,26)18-6-2-16(3-7-18)23-20(24)22-14-15-10-12-21-13-11-15;1-25-16-9-13-19(14-10-16)27(23,24)18-11-7-15(8-12-18)21-20(22)26-17-5-3-2-4-6-17;1-19-11-4-8-13(9-5-11)20(17,18)12-6-2-10(3-7-12)14(15)16;1-17-11-4-8-13(9-5-11)18(15,16)12-6-2-10(14)3-7-12;1-17-11-4-8-13(9-5-11)18-12-6-2-10(3-7-12)14(15)16;8-7(9)10-6-4-2-1-3-5-6;1-8-6-2-4-7(9)5-3-6;7-5-1-3-6(4-2-5)8(9)10;7-5-6-1-3-8-4-2-6;/h2-13H,14H2,1H3,(H2,22,23,24);2-14H,1H3,(H,21,22);2-9H,1H3;2-9H,14H2,1H3;2-9H,1H3;1-5H;2-5,9H,1H3;1-4H;1-4H,5,7H2;1H4. The topological polar surface area (TPSA) is 505 Å². The highest BCUT2D eigenvalue weighted by atomic mass is 35.5. The maximum atomic E-state index is 12.7. The van der Waals surface area contributed by atoms with Gasteiger partial charge in [0.05, 0.1) is 96.6 Å². The lowest BCUT2D eigenvalue weighted by Gasteiger charge is -2.09. The molecule has 0 aliphatic carbocycles. The van der Waals surface area contributed by atoms with Gasteiger partial charge in [0.25, 0.3) is 17.1 Å². The van der Waals surface area contributed by atoms with Gasteiger partial charge in [-0.15, -0.1) is 12.6 Å². The first-order valence-corrected chi connectivity index (χ1v) is 51.0. The molecule has 0 atom stereocenters. The van der Waals surface area contributed by atoms with Crippen LogP contribution in [0.3, 0.4) is 0 Å². The molecule has 149 heavy (non-hydrogen) atoms. The summed E-state index contributed by atoms with van der Waals surface area (Å²) in [5.74, 6) is 4.87. The van der Waals surface area contributed by atoms with Crippen LogP contribution in [0.15, 0.2) is 455 Å². The second kappa shape index (κ2) is 60.9. The van der Waals surface area contributed by atoms with Crippen LogP contribution in [0.2, 0.25) is 5.02 Å². The van der Waals surface area contributed by atoms with Gasteiger partial charge in [0.2, 0.25) is 39.3 Å². The minimum absolute atomic E-state index is 0. The Morgan fingerprint density at radius 2 is 0.611 bits per heavy atom. The van der Waals surface area contributed by atoms with Crippen LogP contribution in [0.25, 0.3) is 0 Å². The molecular formula is C106H100Cl2N10O25S6. The van der Waals surface area contributed by atoms with Crippen molar-refractivity contribution in [3.63, 3.8) is 0 Å². The molecule has 2 aromatic heterocycles. The zero-order chi connectivity index (χ0) is 108. The number of hydrogen-bond donors (Lipinski definition) is 6. The molecule has 0 spiro atoms. The molecule has 16 rings (SSSR count). The Hall–Kier alpha value is -16.8. The van der Waals surface area contributed by atoms with Gasteiger partial charge in [-0.25, -0.2) is 48.1 Å². The van der Waals surface area contributed by atoms with E-state index in [1.165, 1.54) is 186 Å². The number of sulfone groups is 4. The highest BCUT2D eigenvalue weighted by molar-refractivity contribution is 7.99. The van der Waals surface area contributed by atoms with Crippen LogP contribution in [0.1, 0.15) is 18.6 Å². The fourth-order valence-corrected chi connectivity index (χ4v) is 17.9. The number of halogens is 2. The average molecular weight is 2180 g/mol. The molecule has 16 aromatic rings. The summed E-state index contributed by atoms with van der Waals surface area (Å²) in [5.41, 5.74) is 13.5. The van der Waals surface area contributed by atoms with E-state index in [2.05, 4.69) is 43.3 Å². The van der Waals surface area contributed by atoms with Gasteiger partial charge in [-0.05, 0) is 314 Å². The Bertz CT molecular complexity index is 7400. The number of non-ortho nitro benzene ring substituents is 3. The van der Waals surface area contributed by atoms with Gasteiger partial charge in [0, 0.05) is 123 Å². The number of methoxy groups -OCH3 is 6. The maximum Gasteiger partial charge on any atom is 0.417 e. The van der Waals surface area contributed by atoms with Gasteiger partial charge in [-0.2, -0.15) is 0 Å². The fraction of sp³-hybridized carbons (Fsp3) is 0.0849. The van der Waals surface area contributed by atoms with Gasteiger partial charge >= 0.3 is 17.6 Å². The van der Waals surface area contributed by atoms with E-state index < -0.39 is 65.6 Å². The van der Waals surface area contributed by atoms with E-state index >= 15 is 0 Å². The van der Waals surface area contributed by atoms with Crippen molar-refractivity contribution < 1.29 is 101 Å². The summed E-state index contributed by atoms with van der Waals surface area (Å²) < 4.78 is 140. The number of nitrogens with two attached hydrogens (primary N) is 2. The lowest BCUT2D eigenvalue weighted by molar-refractivity contribution is -0.385. The Morgan fingerprint density at radius 1 is 0.349 bits per heavy atom. The molecule has 35 nitrogen and oxygen atoms in total. The van der Waals surface area contributed by atoms with Gasteiger partial charge in [0.1, 0.15) is 46.0 Å². The third-order valence-electron chi connectivity index (χ3n) is 19.4. The largest absolute Gasteiger partial charge is 0.497 e. The highest BCUT2D eigenvalue weighted by Gasteiger charge is 2.23. The number of thiol groups is 1.